The Kier molecular flexibility index (Phi) is 5.97. The van der Waals surface area contributed by atoms with Crippen LogP contribution in [0.1, 0.15) is 52.7 Å². The predicted molar refractivity (Wildman–Crippen MR) is 88.5 cm³/mol. The van der Waals surface area contributed by atoms with Crippen molar-refractivity contribution in [2.24, 2.45) is 5.41 Å². The highest BCUT2D eigenvalue weighted by Gasteiger charge is 2.30. The smallest absolute Gasteiger partial charge is 0.442 e. The maximum Gasteiger partial charge on any atom is 0.444 e. The highest BCUT2D eigenvalue weighted by Crippen LogP contribution is 2.19. The topological polar surface area (TPSA) is 79.6 Å². The van der Waals surface area contributed by atoms with Crippen LogP contribution in [0.5, 0.6) is 0 Å². The van der Waals surface area contributed by atoms with Crippen molar-refractivity contribution in [2.45, 2.75) is 53.7 Å². The van der Waals surface area contributed by atoms with Crippen LogP contribution in [0.4, 0.5) is 4.79 Å². The maximum atomic E-state index is 12.3. The van der Waals surface area contributed by atoms with E-state index in [0.29, 0.717) is 11.1 Å². The number of hydrogen-bond acceptors (Lipinski definition) is 5. The van der Waals surface area contributed by atoms with Crippen LogP contribution in [0.3, 0.4) is 0 Å². The van der Waals surface area contributed by atoms with E-state index in [1.54, 1.807) is 65.8 Å². The Balaban J connectivity index is 2.97. The van der Waals surface area contributed by atoms with Gasteiger partial charge in [-0.2, -0.15) is 5.26 Å². The van der Waals surface area contributed by atoms with Gasteiger partial charge in [0.2, 0.25) is 0 Å². The van der Waals surface area contributed by atoms with Crippen LogP contribution >= 0.6 is 0 Å². The summed E-state index contributed by atoms with van der Waals surface area (Å²) in [5.41, 5.74) is -0.255. The molecule has 1 aromatic carbocycles. The van der Waals surface area contributed by atoms with Crippen molar-refractivity contribution in [1.29, 1.82) is 5.26 Å². The molecule has 0 heterocycles. The van der Waals surface area contributed by atoms with Crippen LogP contribution < -0.4 is 0 Å². The van der Waals surface area contributed by atoms with Crippen LogP contribution in [0.2, 0.25) is 0 Å². The molecular weight excluding hydrogens is 308 g/mol. The van der Waals surface area contributed by atoms with Gasteiger partial charge >= 0.3 is 12.1 Å². The summed E-state index contributed by atoms with van der Waals surface area (Å²) in [5, 5.41) is 9.73. The fraction of sp³-hybridized carbons (Fsp3) is 0.500. The summed E-state index contributed by atoms with van der Waals surface area (Å²) >= 11 is 0. The first-order chi connectivity index (χ1) is 10.9. The second kappa shape index (κ2) is 7.35. The third kappa shape index (κ3) is 6.29. The van der Waals surface area contributed by atoms with Gasteiger partial charge in [0.1, 0.15) is 5.60 Å². The second-order valence-corrected chi connectivity index (χ2v) is 7.45. The van der Waals surface area contributed by atoms with Crippen LogP contribution in [-0.2, 0) is 20.9 Å². The lowest BCUT2D eigenvalue weighted by molar-refractivity contribution is -0.196. The van der Waals surface area contributed by atoms with Crippen molar-refractivity contribution in [3.05, 3.63) is 35.4 Å². The van der Waals surface area contributed by atoms with Crippen LogP contribution in [0.15, 0.2) is 24.3 Å². The highest BCUT2D eigenvalue weighted by atomic mass is 16.8. The number of carbonyl (C=O) groups is 2. The molecule has 0 atom stereocenters. The van der Waals surface area contributed by atoms with Crippen molar-refractivity contribution >= 4 is 12.1 Å². The first-order valence-corrected chi connectivity index (χ1v) is 7.64. The van der Waals surface area contributed by atoms with Crippen molar-refractivity contribution in [1.82, 2.24) is 5.06 Å². The number of benzene rings is 1. The number of nitrogens with zero attached hydrogens (tertiary/aromatic N) is 2. The van der Waals surface area contributed by atoms with Crippen molar-refractivity contribution in [3.8, 4) is 6.07 Å². The normalized spacial score (nSPS) is 11.4. The average Bonchev–Trinajstić information content (AvgIpc) is 2.44. The summed E-state index contributed by atoms with van der Waals surface area (Å²) in [4.78, 5) is 29.7. The van der Waals surface area contributed by atoms with Gasteiger partial charge in [0.05, 0.1) is 23.6 Å². The van der Waals surface area contributed by atoms with Gasteiger partial charge in [-0.25, -0.2) is 9.59 Å². The standard InChI is InChI=1S/C18H24N2O4/c1-17(2,3)15(21)24-20(16(22)23-18(4,5)6)12-14-9-7-13(11-19)8-10-14/h7-10H,12H2,1-6H3. The Morgan fingerprint density at radius 2 is 1.62 bits per heavy atom. The summed E-state index contributed by atoms with van der Waals surface area (Å²) in [6.07, 6.45) is -0.746. The minimum atomic E-state index is -0.759. The van der Waals surface area contributed by atoms with E-state index in [1.807, 2.05) is 6.07 Å². The van der Waals surface area contributed by atoms with Gasteiger partial charge in [0.15, 0.2) is 0 Å². The third-order valence-electron chi connectivity index (χ3n) is 2.81. The Morgan fingerprint density at radius 3 is 2.04 bits per heavy atom. The number of carbonyl (C=O) groups excluding carboxylic acids is 2. The number of hydrogen-bond donors (Lipinski definition) is 0. The lowest BCUT2D eigenvalue weighted by atomic mass is 9.98. The summed E-state index contributed by atoms with van der Waals surface area (Å²) in [7, 11) is 0. The summed E-state index contributed by atoms with van der Waals surface area (Å²) in [6.45, 7) is 10.3. The zero-order chi connectivity index (χ0) is 18.5. The summed E-state index contributed by atoms with van der Waals surface area (Å²) in [5.74, 6) is -0.540. The molecular formula is C18H24N2O4. The van der Waals surface area contributed by atoms with Crippen molar-refractivity contribution in [3.63, 3.8) is 0 Å². The molecule has 6 heteroatoms. The molecule has 130 valence electrons. The van der Waals surface area contributed by atoms with E-state index in [1.165, 1.54) is 0 Å². The van der Waals surface area contributed by atoms with E-state index in [-0.39, 0.29) is 6.54 Å². The summed E-state index contributed by atoms with van der Waals surface area (Å²) in [6, 6.07) is 8.68. The number of nitriles is 1. The maximum absolute atomic E-state index is 12.3. The Bertz CT molecular complexity index is 631. The fourth-order valence-electron chi connectivity index (χ4n) is 1.53. The van der Waals surface area contributed by atoms with Crippen LogP contribution in [-0.4, -0.2) is 22.7 Å². The SMILES string of the molecule is CC(C)(C)OC(=O)N(Cc1ccc(C#N)cc1)OC(=O)C(C)(C)C. The first kappa shape index (κ1) is 19.5. The minimum absolute atomic E-state index is 0.0302. The largest absolute Gasteiger partial charge is 0.444 e. The lowest BCUT2D eigenvalue weighted by Crippen LogP contribution is -2.40. The van der Waals surface area contributed by atoms with Gasteiger partial charge in [0.25, 0.3) is 0 Å². The Hall–Kier alpha value is -2.55. The summed E-state index contributed by atoms with van der Waals surface area (Å²) < 4.78 is 5.29. The van der Waals surface area contributed by atoms with E-state index in [4.69, 9.17) is 14.8 Å². The molecule has 0 N–H and O–H groups in total. The number of hydroxylamine groups is 2. The molecule has 0 radical (unpaired) electrons. The van der Waals surface area contributed by atoms with E-state index in [2.05, 4.69) is 0 Å². The molecule has 0 fully saturated rings. The zero-order valence-corrected chi connectivity index (χ0v) is 15.0. The molecule has 24 heavy (non-hydrogen) atoms. The molecule has 1 rings (SSSR count). The first-order valence-electron chi connectivity index (χ1n) is 7.64. The lowest BCUT2D eigenvalue weighted by Gasteiger charge is -2.28. The Morgan fingerprint density at radius 1 is 1.08 bits per heavy atom. The van der Waals surface area contributed by atoms with Gasteiger partial charge in [-0.05, 0) is 59.2 Å². The van der Waals surface area contributed by atoms with E-state index < -0.39 is 23.1 Å². The molecule has 1 amide bonds. The van der Waals surface area contributed by atoms with Gasteiger partial charge in [-0.15, -0.1) is 5.06 Å². The minimum Gasteiger partial charge on any atom is -0.442 e. The van der Waals surface area contributed by atoms with Gasteiger partial charge in [0, 0.05) is 0 Å². The number of amides is 1. The van der Waals surface area contributed by atoms with E-state index >= 15 is 0 Å². The molecule has 0 aromatic heterocycles. The monoisotopic (exact) mass is 332 g/mol. The molecule has 0 spiro atoms. The molecule has 1 aromatic rings. The molecule has 0 aliphatic carbocycles. The molecule has 0 aliphatic rings. The molecule has 0 saturated heterocycles. The van der Waals surface area contributed by atoms with Crippen molar-refractivity contribution in [2.75, 3.05) is 0 Å². The number of rotatable bonds is 2. The molecule has 0 saturated carbocycles. The number of ether oxygens (including phenoxy) is 1. The molecule has 0 aliphatic heterocycles. The third-order valence-corrected chi connectivity index (χ3v) is 2.81. The molecule has 0 bridgehead atoms. The second-order valence-electron chi connectivity index (χ2n) is 7.45. The van der Waals surface area contributed by atoms with Gasteiger partial charge < -0.3 is 9.57 Å². The predicted octanol–water partition coefficient (Wildman–Crippen LogP) is 3.80. The zero-order valence-electron chi connectivity index (χ0n) is 15.0. The Labute approximate surface area is 142 Å². The van der Waals surface area contributed by atoms with Crippen LogP contribution in [0.25, 0.3) is 0 Å². The van der Waals surface area contributed by atoms with Gasteiger partial charge in [-0.1, -0.05) is 12.1 Å². The van der Waals surface area contributed by atoms with E-state index in [9.17, 15) is 9.59 Å². The quantitative estimate of drug-likeness (QED) is 0.770. The molecule has 6 nitrogen and oxygen atoms in total. The fourth-order valence-corrected chi connectivity index (χ4v) is 1.53. The van der Waals surface area contributed by atoms with Crippen LogP contribution in [0, 0.1) is 16.7 Å². The highest BCUT2D eigenvalue weighted by molar-refractivity contribution is 5.77. The average molecular weight is 332 g/mol. The molecule has 0 unspecified atom stereocenters. The van der Waals surface area contributed by atoms with E-state index in [0.717, 1.165) is 5.06 Å². The van der Waals surface area contributed by atoms with Crippen molar-refractivity contribution < 1.29 is 19.2 Å². The van der Waals surface area contributed by atoms with Gasteiger partial charge in [-0.3, -0.25) is 0 Å².